The fourth-order valence-electron chi connectivity index (χ4n) is 3.18. The molecule has 0 heterocycles. The molecule has 2 aliphatic rings. The molecule has 3 atom stereocenters. The van der Waals surface area contributed by atoms with Crippen molar-refractivity contribution >= 4 is 10.2 Å². The van der Waals surface area contributed by atoms with Gasteiger partial charge in [0.1, 0.15) is 0 Å². The Hall–Kier alpha value is 0.177. The lowest BCUT2D eigenvalue weighted by Crippen LogP contribution is -2.35. The molecule has 0 spiro atoms. The van der Waals surface area contributed by atoms with Gasteiger partial charge >= 0.3 is 0 Å². The van der Waals surface area contributed by atoms with Crippen LogP contribution >= 0.6 is 0 Å². The summed E-state index contributed by atoms with van der Waals surface area (Å²) in [6, 6.07) is 1.39. The van der Waals surface area contributed by atoms with E-state index in [0.717, 1.165) is 18.4 Å². The molecule has 0 aromatic heterocycles. The van der Waals surface area contributed by atoms with E-state index < -0.39 is 0 Å². The Morgan fingerprint density at radius 3 is 2.85 bits per heavy atom. The topological polar surface area (TPSA) is 9.23 Å². The van der Waals surface area contributed by atoms with Crippen LogP contribution in [0.25, 0.3) is 0 Å². The van der Waals surface area contributed by atoms with E-state index >= 15 is 0 Å². The van der Waals surface area contributed by atoms with Gasteiger partial charge in [-0.15, -0.1) is 0 Å². The number of hydrogen-bond donors (Lipinski definition) is 0. The normalized spacial score (nSPS) is 43.2. The minimum atomic E-state index is 0.277. The number of rotatable bonds is 4. The highest BCUT2D eigenvalue weighted by Crippen LogP contribution is 2.52. The van der Waals surface area contributed by atoms with Crippen LogP contribution in [0.5, 0.6) is 0 Å². The van der Waals surface area contributed by atoms with E-state index in [0.29, 0.717) is 0 Å². The molecule has 0 aliphatic heterocycles. The van der Waals surface area contributed by atoms with Crippen LogP contribution in [0.3, 0.4) is 0 Å². The smallest absolute Gasteiger partial charge is 0.0685 e. The van der Waals surface area contributed by atoms with Gasteiger partial charge in [0, 0.05) is 16.8 Å². The molecule has 1 nitrogen and oxygen atoms in total. The maximum absolute atomic E-state index is 6.09. The molecule has 2 heteroatoms. The Morgan fingerprint density at radius 1 is 1.46 bits per heavy atom. The number of fused-ring (bicyclic) bond motifs is 2. The first-order valence-corrected chi connectivity index (χ1v) is 7.30. The van der Waals surface area contributed by atoms with Crippen LogP contribution in [-0.2, 0) is 4.74 Å². The molecule has 0 aromatic rings. The predicted molar refractivity (Wildman–Crippen MR) is 59.2 cm³/mol. The lowest BCUT2D eigenvalue weighted by atomic mass is 9.86. The van der Waals surface area contributed by atoms with E-state index in [2.05, 4.69) is 6.92 Å². The van der Waals surface area contributed by atoms with Gasteiger partial charge in [-0.1, -0.05) is 6.04 Å². The monoisotopic (exact) mass is 198 g/mol. The van der Waals surface area contributed by atoms with Crippen molar-refractivity contribution in [3.8, 4) is 0 Å². The second-order valence-electron chi connectivity index (χ2n) is 5.09. The molecule has 13 heavy (non-hydrogen) atoms. The van der Waals surface area contributed by atoms with Gasteiger partial charge in [0.25, 0.3) is 0 Å². The summed E-state index contributed by atoms with van der Waals surface area (Å²) in [5.74, 6) is 1.90. The number of hydrogen-bond acceptors (Lipinski definition) is 1. The second kappa shape index (κ2) is 3.74. The Kier molecular flexibility index (Phi) is 2.79. The summed E-state index contributed by atoms with van der Waals surface area (Å²) in [6.07, 6.45) is 7.00. The van der Waals surface area contributed by atoms with E-state index in [1.54, 1.807) is 0 Å². The zero-order valence-corrected chi connectivity index (χ0v) is 11.0. The molecule has 0 aromatic carbocycles. The molecule has 2 rings (SSSR count). The SMILES string of the molecule is CC1(OCCC[SiH3])CC2CCC1C2. The van der Waals surface area contributed by atoms with E-state index in [4.69, 9.17) is 4.74 Å². The van der Waals surface area contributed by atoms with Crippen LogP contribution in [0.15, 0.2) is 0 Å². The van der Waals surface area contributed by atoms with Gasteiger partial charge in [0.05, 0.1) is 5.60 Å². The minimum Gasteiger partial charge on any atom is -0.375 e. The Balaban J connectivity index is 1.83. The maximum atomic E-state index is 6.09. The first kappa shape index (κ1) is 9.72. The van der Waals surface area contributed by atoms with Crippen LogP contribution in [0.4, 0.5) is 0 Å². The van der Waals surface area contributed by atoms with Crippen LogP contribution in [0.1, 0.15) is 39.0 Å². The molecule has 2 bridgehead atoms. The molecule has 3 unspecified atom stereocenters. The third-order valence-electron chi connectivity index (χ3n) is 4.03. The van der Waals surface area contributed by atoms with Crippen molar-refractivity contribution in [1.82, 2.24) is 0 Å². The number of ether oxygens (including phenoxy) is 1. The Labute approximate surface area is 84.7 Å². The molecule has 76 valence electrons. The lowest BCUT2D eigenvalue weighted by Gasteiger charge is -2.34. The minimum absolute atomic E-state index is 0.277. The van der Waals surface area contributed by atoms with Crippen molar-refractivity contribution in [2.45, 2.75) is 50.7 Å². The highest BCUT2D eigenvalue weighted by molar-refractivity contribution is 6.08. The summed E-state index contributed by atoms with van der Waals surface area (Å²) in [4.78, 5) is 0. The van der Waals surface area contributed by atoms with E-state index in [1.807, 2.05) is 0 Å². The Morgan fingerprint density at radius 2 is 2.31 bits per heavy atom. The molecular weight excluding hydrogens is 176 g/mol. The molecule has 0 amide bonds. The zero-order chi connectivity index (χ0) is 9.31. The van der Waals surface area contributed by atoms with Gasteiger partial charge in [-0.3, -0.25) is 0 Å². The van der Waals surface area contributed by atoms with Crippen molar-refractivity contribution in [3.05, 3.63) is 0 Å². The molecule has 2 saturated carbocycles. The Bertz CT molecular complexity index is 183. The quantitative estimate of drug-likeness (QED) is 0.494. The maximum Gasteiger partial charge on any atom is 0.0685 e. The van der Waals surface area contributed by atoms with Gasteiger partial charge in [-0.2, -0.15) is 0 Å². The fraction of sp³-hybridized carbons (Fsp3) is 1.00. The average Bonchev–Trinajstić information content (AvgIpc) is 2.64. The molecule has 0 N–H and O–H groups in total. The summed E-state index contributed by atoms with van der Waals surface area (Å²) in [6.45, 7) is 3.37. The first-order chi connectivity index (χ1) is 6.24. The summed E-state index contributed by atoms with van der Waals surface area (Å²) in [7, 11) is 1.33. The molecule has 2 fully saturated rings. The van der Waals surface area contributed by atoms with Crippen LogP contribution < -0.4 is 0 Å². The van der Waals surface area contributed by atoms with Crippen LogP contribution in [0, 0.1) is 11.8 Å². The van der Waals surface area contributed by atoms with Gasteiger partial charge in [0.15, 0.2) is 0 Å². The van der Waals surface area contributed by atoms with Gasteiger partial charge in [0.2, 0.25) is 0 Å². The summed E-state index contributed by atoms with van der Waals surface area (Å²) in [5.41, 5.74) is 0.277. The van der Waals surface area contributed by atoms with Crippen molar-refractivity contribution in [2.75, 3.05) is 6.61 Å². The van der Waals surface area contributed by atoms with E-state index in [-0.39, 0.29) is 5.60 Å². The highest BCUT2D eigenvalue weighted by atomic mass is 28.1. The first-order valence-electron chi connectivity index (χ1n) is 5.88. The second-order valence-corrected chi connectivity index (χ2v) is 6.09. The molecule has 0 radical (unpaired) electrons. The van der Waals surface area contributed by atoms with Crippen LogP contribution in [0.2, 0.25) is 6.04 Å². The van der Waals surface area contributed by atoms with Crippen molar-refractivity contribution in [2.24, 2.45) is 11.8 Å². The third-order valence-corrected chi connectivity index (χ3v) is 4.74. The summed E-state index contributed by atoms with van der Waals surface area (Å²) in [5, 5.41) is 0. The summed E-state index contributed by atoms with van der Waals surface area (Å²) < 4.78 is 6.09. The van der Waals surface area contributed by atoms with Gasteiger partial charge < -0.3 is 4.74 Å². The van der Waals surface area contributed by atoms with E-state index in [1.165, 1.54) is 48.4 Å². The predicted octanol–water partition coefficient (Wildman–Crippen LogP) is 1.76. The van der Waals surface area contributed by atoms with Crippen LogP contribution in [-0.4, -0.2) is 22.5 Å². The third kappa shape index (κ3) is 1.84. The van der Waals surface area contributed by atoms with Crippen molar-refractivity contribution in [1.29, 1.82) is 0 Å². The van der Waals surface area contributed by atoms with Gasteiger partial charge in [-0.05, 0) is 50.9 Å². The molecule has 0 saturated heterocycles. The standard InChI is InChI=1S/C11H22OSi/c1-11(12-5-2-6-13)8-9-3-4-10(11)7-9/h9-10H,2-8H2,1,13H3. The lowest BCUT2D eigenvalue weighted by molar-refractivity contribution is -0.0689. The highest BCUT2D eigenvalue weighted by Gasteiger charge is 2.48. The van der Waals surface area contributed by atoms with Gasteiger partial charge in [-0.25, -0.2) is 0 Å². The molecule has 2 aliphatic carbocycles. The molecular formula is C11H22OSi. The van der Waals surface area contributed by atoms with E-state index in [9.17, 15) is 0 Å². The van der Waals surface area contributed by atoms with Crippen molar-refractivity contribution in [3.63, 3.8) is 0 Å². The van der Waals surface area contributed by atoms with Crippen molar-refractivity contribution < 1.29 is 4.74 Å². The zero-order valence-electron chi connectivity index (χ0n) is 9.01. The summed E-state index contributed by atoms with van der Waals surface area (Å²) >= 11 is 0. The largest absolute Gasteiger partial charge is 0.375 e. The fourth-order valence-corrected chi connectivity index (χ4v) is 3.47. The average molecular weight is 198 g/mol.